The summed E-state index contributed by atoms with van der Waals surface area (Å²) in [4.78, 5) is 13.1. The van der Waals surface area contributed by atoms with Crippen LogP contribution < -0.4 is 0 Å². The van der Waals surface area contributed by atoms with Crippen molar-refractivity contribution in [1.82, 2.24) is 4.90 Å². The second kappa shape index (κ2) is 7.27. The van der Waals surface area contributed by atoms with Crippen LogP contribution in [0.3, 0.4) is 0 Å². The number of likely N-dealkylation sites (tertiary alicyclic amines) is 1. The van der Waals surface area contributed by atoms with Crippen molar-refractivity contribution < 1.29 is 13.2 Å². The molecule has 5 heteroatoms. The van der Waals surface area contributed by atoms with Gasteiger partial charge in [0.25, 0.3) is 0 Å². The number of carbonyl (C=O) groups excluding carboxylic acids is 1. The van der Waals surface area contributed by atoms with Gasteiger partial charge >= 0.3 is 0 Å². The zero-order chi connectivity index (χ0) is 16.2. The molecule has 0 N–H and O–H groups in total. The summed E-state index contributed by atoms with van der Waals surface area (Å²) in [6.07, 6.45) is 4.12. The van der Waals surface area contributed by atoms with E-state index in [0.29, 0.717) is 19.4 Å². The maximum absolute atomic E-state index is 12.1. The molecule has 0 bridgehead atoms. The minimum atomic E-state index is -3.09. The Labute approximate surface area is 133 Å². The number of hydrogen-bond donors (Lipinski definition) is 0. The fraction of sp³-hybridized carbons (Fsp3) is 0.588. The predicted octanol–water partition coefficient (Wildman–Crippen LogP) is 2.29. The number of carbonyl (C=O) groups is 1. The first-order chi connectivity index (χ1) is 10.4. The first kappa shape index (κ1) is 17.0. The Morgan fingerprint density at radius 1 is 1.18 bits per heavy atom. The molecule has 1 aromatic carbocycles. The molecule has 1 aromatic rings. The zero-order valence-electron chi connectivity index (χ0n) is 13.4. The second-order valence-electron chi connectivity index (χ2n) is 6.29. The van der Waals surface area contributed by atoms with Crippen molar-refractivity contribution in [3.8, 4) is 0 Å². The van der Waals surface area contributed by atoms with Crippen LogP contribution in [0.25, 0.3) is 0 Å². The second-order valence-corrected chi connectivity index (χ2v) is 8.55. The monoisotopic (exact) mass is 323 g/mol. The average Bonchev–Trinajstić information content (AvgIpc) is 2.45. The van der Waals surface area contributed by atoms with E-state index < -0.39 is 9.84 Å². The van der Waals surface area contributed by atoms with Crippen molar-refractivity contribution in [1.29, 1.82) is 0 Å². The lowest BCUT2D eigenvalue weighted by atomic mass is 9.97. The highest BCUT2D eigenvalue weighted by atomic mass is 32.2. The van der Waals surface area contributed by atoms with E-state index in [1.807, 2.05) is 42.2 Å². The fourth-order valence-corrected chi connectivity index (χ4v) is 4.54. The van der Waals surface area contributed by atoms with Gasteiger partial charge in [-0.3, -0.25) is 4.79 Å². The van der Waals surface area contributed by atoms with Gasteiger partial charge in [-0.25, -0.2) is 8.42 Å². The summed E-state index contributed by atoms with van der Waals surface area (Å²) in [5.41, 5.74) is 1.17. The van der Waals surface area contributed by atoms with E-state index in [1.54, 1.807) is 0 Å². The third-order valence-corrected chi connectivity index (χ3v) is 6.35. The van der Waals surface area contributed by atoms with E-state index in [2.05, 4.69) is 0 Å². The van der Waals surface area contributed by atoms with E-state index >= 15 is 0 Å². The molecule has 1 aliphatic rings. The molecule has 0 radical (unpaired) electrons. The smallest absolute Gasteiger partial charge is 0.224 e. The summed E-state index contributed by atoms with van der Waals surface area (Å²) in [6.45, 7) is 3.48. The van der Waals surface area contributed by atoms with Gasteiger partial charge in [0.15, 0.2) is 9.84 Å². The minimum absolute atomic E-state index is 0.0621. The molecule has 1 fully saturated rings. The number of hydrogen-bond acceptors (Lipinski definition) is 3. The third kappa shape index (κ3) is 4.57. The first-order valence-corrected chi connectivity index (χ1v) is 9.84. The summed E-state index contributed by atoms with van der Waals surface area (Å²) >= 11 is 0. The highest BCUT2D eigenvalue weighted by molar-refractivity contribution is 7.91. The van der Waals surface area contributed by atoms with Crippen molar-refractivity contribution in [3.05, 3.63) is 35.9 Å². The summed E-state index contributed by atoms with van der Waals surface area (Å²) in [5.74, 6) is 0.250. The van der Waals surface area contributed by atoms with Gasteiger partial charge in [-0.1, -0.05) is 37.3 Å². The molecule has 0 aromatic heterocycles. The predicted molar refractivity (Wildman–Crippen MR) is 88.4 cm³/mol. The van der Waals surface area contributed by atoms with Crippen LogP contribution in [0.4, 0.5) is 0 Å². The SMILES string of the molecule is CC(CCN1CCC1=O)C(CCc1ccccc1)S(C)(=O)=O. The number of aryl methyl sites for hydroxylation is 1. The Bertz CT molecular complexity index is 598. The number of amides is 1. The molecule has 1 saturated heterocycles. The Balaban J connectivity index is 1.92. The maximum Gasteiger partial charge on any atom is 0.224 e. The maximum atomic E-state index is 12.1. The summed E-state index contributed by atoms with van der Waals surface area (Å²) in [7, 11) is -3.09. The van der Waals surface area contributed by atoms with Gasteiger partial charge in [-0.15, -0.1) is 0 Å². The number of nitrogens with zero attached hydrogens (tertiary/aromatic N) is 1. The minimum Gasteiger partial charge on any atom is -0.342 e. The molecule has 2 atom stereocenters. The van der Waals surface area contributed by atoms with Gasteiger partial charge in [0, 0.05) is 25.8 Å². The molecule has 0 saturated carbocycles. The van der Waals surface area contributed by atoms with Crippen molar-refractivity contribution >= 4 is 15.7 Å². The number of rotatable bonds is 8. The fourth-order valence-electron chi connectivity index (χ4n) is 3.02. The topological polar surface area (TPSA) is 54.5 Å². The quantitative estimate of drug-likeness (QED) is 0.690. The van der Waals surface area contributed by atoms with Crippen molar-refractivity contribution in [2.75, 3.05) is 19.3 Å². The van der Waals surface area contributed by atoms with Crippen LogP contribution in [0.2, 0.25) is 0 Å². The highest BCUT2D eigenvalue weighted by Crippen LogP contribution is 2.23. The van der Waals surface area contributed by atoms with Crippen LogP contribution in [-0.4, -0.2) is 43.8 Å². The molecule has 4 nitrogen and oxygen atoms in total. The molecule has 2 unspecified atom stereocenters. The molecule has 0 aliphatic carbocycles. The lowest BCUT2D eigenvalue weighted by Gasteiger charge is -2.32. The zero-order valence-corrected chi connectivity index (χ0v) is 14.2. The Morgan fingerprint density at radius 3 is 2.36 bits per heavy atom. The van der Waals surface area contributed by atoms with Gasteiger partial charge in [-0.05, 0) is 30.7 Å². The summed E-state index contributed by atoms with van der Waals surface area (Å²) in [5, 5.41) is -0.343. The van der Waals surface area contributed by atoms with E-state index in [9.17, 15) is 13.2 Å². The standard InChI is InChI=1S/C17H25NO3S/c1-14(10-12-18-13-11-17(18)19)16(22(2,20)21)9-8-15-6-4-3-5-7-15/h3-7,14,16H,8-13H2,1-2H3. The molecule has 1 aliphatic heterocycles. The summed E-state index contributed by atoms with van der Waals surface area (Å²) in [6, 6.07) is 9.98. The Morgan fingerprint density at radius 2 is 1.86 bits per heavy atom. The molecule has 22 heavy (non-hydrogen) atoms. The number of β-lactam (4-membered cyclic amide) rings is 1. The van der Waals surface area contributed by atoms with E-state index in [4.69, 9.17) is 0 Å². The average molecular weight is 323 g/mol. The van der Waals surface area contributed by atoms with Crippen LogP contribution in [0, 0.1) is 5.92 Å². The van der Waals surface area contributed by atoms with Crippen molar-refractivity contribution in [2.45, 2.75) is 37.9 Å². The molecule has 1 amide bonds. The van der Waals surface area contributed by atoms with Crippen LogP contribution >= 0.6 is 0 Å². The molecular weight excluding hydrogens is 298 g/mol. The van der Waals surface area contributed by atoms with Crippen LogP contribution in [0.5, 0.6) is 0 Å². The largest absolute Gasteiger partial charge is 0.342 e. The van der Waals surface area contributed by atoms with Crippen LogP contribution in [-0.2, 0) is 21.1 Å². The van der Waals surface area contributed by atoms with Crippen molar-refractivity contribution in [2.24, 2.45) is 5.92 Å². The molecule has 1 heterocycles. The normalized spacial score (nSPS) is 17.9. The van der Waals surface area contributed by atoms with Gasteiger partial charge in [0.2, 0.25) is 5.91 Å². The lowest BCUT2D eigenvalue weighted by Crippen LogP contribution is -2.44. The van der Waals surface area contributed by atoms with Gasteiger partial charge in [-0.2, -0.15) is 0 Å². The lowest BCUT2D eigenvalue weighted by molar-refractivity contribution is -0.139. The molecule has 0 spiro atoms. The van der Waals surface area contributed by atoms with Crippen LogP contribution in [0.15, 0.2) is 30.3 Å². The molecule has 122 valence electrons. The van der Waals surface area contributed by atoms with E-state index in [0.717, 1.165) is 19.4 Å². The third-order valence-electron chi connectivity index (χ3n) is 4.55. The molecule has 2 rings (SSSR count). The number of benzene rings is 1. The van der Waals surface area contributed by atoms with Crippen LogP contribution in [0.1, 0.15) is 31.7 Å². The highest BCUT2D eigenvalue weighted by Gasteiger charge is 2.29. The van der Waals surface area contributed by atoms with Gasteiger partial charge < -0.3 is 4.90 Å². The Hall–Kier alpha value is -1.36. The van der Waals surface area contributed by atoms with E-state index in [-0.39, 0.29) is 17.1 Å². The number of sulfone groups is 1. The van der Waals surface area contributed by atoms with Crippen molar-refractivity contribution in [3.63, 3.8) is 0 Å². The first-order valence-electron chi connectivity index (χ1n) is 7.88. The Kier molecular flexibility index (Phi) is 5.62. The summed E-state index contributed by atoms with van der Waals surface area (Å²) < 4.78 is 24.2. The van der Waals surface area contributed by atoms with E-state index in [1.165, 1.54) is 11.8 Å². The van der Waals surface area contributed by atoms with Gasteiger partial charge in [0.05, 0.1) is 5.25 Å². The van der Waals surface area contributed by atoms with Gasteiger partial charge in [0.1, 0.15) is 0 Å². The molecular formula is C17H25NO3S.